The Labute approximate surface area is 220 Å². The Morgan fingerprint density at radius 3 is 2.67 bits per heavy atom. The van der Waals surface area contributed by atoms with Crippen molar-refractivity contribution in [2.24, 2.45) is 5.92 Å². The summed E-state index contributed by atoms with van der Waals surface area (Å²) in [5, 5.41) is 15.3. The number of nitrogens with zero attached hydrogens (tertiary/aromatic N) is 3. The van der Waals surface area contributed by atoms with E-state index < -0.39 is 11.7 Å². The van der Waals surface area contributed by atoms with Crippen molar-refractivity contribution in [3.8, 4) is 16.3 Å². The van der Waals surface area contributed by atoms with Crippen LogP contribution in [-0.2, 0) is 9.53 Å². The lowest BCUT2D eigenvalue weighted by molar-refractivity contribution is -0.162. The first-order chi connectivity index (χ1) is 17.0. The number of carbonyl (C=O) groups is 1. The van der Waals surface area contributed by atoms with E-state index in [0.717, 1.165) is 26.7 Å². The number of benzene rings is 1. The van der Waals surface area contributed by atoms with Crippen LogP contribution in [0.3, 0.4) is 0 Å². The van der Waals surface area contributed by atoms with Crippen LogP contribution in [0, 0.1) is 12.8 Å². The number of methoxy groups -OCH3 is 1. The van der Waals surface area contributed by atoms with Gasteiger partial charge in [0.15, 0.2) is 0 Å². The molecule has 2 N–H and O–H groups in total. The number of esters is 1. The zero-order valence-electron chi connectivity index (χ0n) is 21.0. The first-order valence-electron chi connectivity index (χ1n) is 11.8. The minimum Gasteiger partial charge on any atom is -0.480 e. The van der Waals surface area contributed by atoms with Crippen molar-refractivity contribution in [3.05, 3.63) is 46.2 Å². The van der Waals surface area contributed by atoms with Crippen molar-refractivity contribution in [1.82, 2.24) is 15.0 Å². The van der Waals surface area contributed by atoms with Gasteiger partial charge in [0.05, 0.1) is 35.2 Å². The lowest BCUT2D eigenvalue weighted by atomic mass is 9.80. The topological polar surface area (TPSA) is 106 Å². The number of carbonyl (C=O) groups excluding carboxylic acids is 1. The first-order valence-corrected chi connectivity index (χ1v) is 13.0. The number of hydrogen-bond donors (Lipinski definition) is 2. The zero-order chi connectivity index (χ0) is 26.0. The van der Waals surface area contributed by atoms with E-state index in [1.807, 2.05) is 46.0 Å². The highest BCUT2D eigenvalue weighted by Crippen LogP contribution is 2.41. The van der Waals surface area contributed by atoms with Crippen LogP contribution in [0.25, 0.3) is 10.4 Å². The number of aromatic nitrogens is 3. The lowest BCUT2D eigenvalue weighted by Crippen LogP contribution is -2.35. The van der Waals surface area contributed by atoms with Crippen molar-refractivity contribution in [1.29, 1.82) is 0 Å². The molecule has 0 amide bonds. The molecule has 4 rings (SSSR count). The highest BCUT2D eigenvalue weighted by atomic mass is 35.5. The summed E-state index contributed by atoms with van der Waals surface area (Å²) in [5.41, 5.74) is 2.35. The third-order valence-electron chi connectivity index (χ3n) is 5.92. The molecule has 1 fully saturated rings. The predicted molar refractivity (Wildman–Crippen MR) is 141 cm³/mol. The van der Waals surface area contributed by atoms with Gasteiger partial charge in [-0.1, -0.05) is 17.7 Å². The van der Waals surface area contributed by atoms with E-state index in [1.165, 1.54) is 13.3 Å². The molecule has 1 aliphatic rings. The van der Waals surface area contributed by atoms with Crippen LogP contribution >= 0.6 is 22.9 Å². The number of nitrogens with one attached hydrogen (secondary N) is 1. The Morgan fingerprint density at radius 1 is 1.19 bits per heavy atom. The largest absolute Gasteiger partial charge is 0.480 e. The van der Waals surface area contributed by atoms with Crippen molar-refractivity contribution >= 4 is 40.5 Å². The standard InChI is InChI=1S/C26H31ClN4O4S/c1-14-8-16(10-17(9-14)30-25-29-12-19(27)22(31-25)34-5)21-13-28-23(36-21)18-7-6-15(11-20(18)32)24(33)35-26(2,3)4/h8-10,12-13,15,18,20,32H,6-7,11H2,1-5H3,(H,29,30,31). The highest BCUT2D eigenvalue weighted by molar-refractivity contribution is 7.15. The van der Waals surface area contributed by atoms with Crippen molar-refractivity contribution < 1.29 is 19.4 Å². The summed E-state index contributed by atoms with van der Waals surface area (Å²) in [6.45, 7) is 7.59. The van der Waals surface area contributed by atoms with E-state index in [9.17, 15) is 9.90 Å². The molecule has 0 spiro atoms. The average Bonchev–Trinajstić information content (AvgIpc) is 3.29. The molecule has 1 saturated carbocycles. The van der Waals surface area contributed by atoms with Gasteiger partial charge in [0.2, 0.25) is 11.8 Å². The van der Waals surface area contributed by atoms with E-state index in [4.69, 9.17) is 21.1 Å². The van der Waals surface area contributed by atoms with Gasteiger partial charge in [0.1, 0.15) is 10.6 Å². The number of anilines is 2. The Hall–Kier alpha value is -2.75. The lowest BCUT2D eigenvalue weighted by Gasteiger charge is -2.32. The summed E-state index contributed by atoms with van der Waals surface area (Å²) in [5.74, 6) is 0.0625. The first kappa shape index (κ1) is 26.3. The number of thiazole rings is 1. The second kappa shape index (κ2) is 10.7. The van der Waals surface area contributed by atoms with Crippen LogP contribution < -0.4 is 10.1 Å². The average molecular weight is 531 g/mol. The molecule has 3 aromatic rings. The molecule has 3 atom stereocenters. The van der Waals surface area contributed by atoms with Gasteiger partial charge in [0.25, 0.3) is 0 Å². The number of ether oxygens (including phenoxy) is 2. The zero-order valence-corrected chi connectivity index (χ0v) is 22.6. The summed E-state index contributed by atoms with van der Waals surface area (Å²) in [6.07, 6.45) is 4.44. The van der Waals surface area contributed by atoms with E-state index in [0.29, 0.717) is 36.1 Å². The summed E-state index contributed by atoms with van der Waals surface area (Å²) in [7, 11) is 1.51. The number of hydrogen-bond acceptors (Lipinski definition) is 9. The second-order valence-corrected chi connectivity index (χ2v) is 11.5. The molecule has 0 bridgehead atoms. The summed E-state index contributed by atoms with van der Waals surface area (Å²) in [4.78, 5) is 26.6. The van der Waals surface area contributed by atoms with E-state index in [-0.39, 0.29) is 17.8 Å². The predicted octanol–water partition coefficient (Wildman–Crippen LogP) is 5.90. The molecule has 2 heterocycles. The molecule has 10 heteroatoms. The summed E-state index contributed by atoms with van der Waals surface area (Å²) in [6, 6.07) is 6.09. The monoisotopic (exact) mass is 530 g/mol. The fourth-order valence-corrected chi connectivity index (χ4v) is 5.57. The van der Waals surface area contributed by atoms with Gasteiger partial charge >= 0.3 is 5.97 Å². The van der Waals surface area contributed by atoms with Crippen LogP contribution in [0.1, 0.15) is 56.5 Å². The Balaban J connectivity index is 1.48. The van der Waals surface area contributed by atoms with Gasteiger partial charge in [-0.2, -0.15) is 4.98 Å². The number of rotatable bonds is 6. The number of aliphatic hydroxyl groups is 1. The molecule has 0 aliphatic heterocycles. The fourth-order valence-electron chi connectivity index (χ4n) is 4.31. The fraction of sp³-hybridized carbons (Fsp3) is 0.462. The quantitative estimate of drug-likeness (QED) is 0.379. The van der Waals surface area contributed by atoms with Gasteiger partial charge in [0, 0.05) is 17.8 Å². The highest BCUT2D eigenvalue weighted by Gasteiger charge is 2.37. The van der Waals surface area contributed by atoms with E-state index in [1.54, 1.807) is 11.3 Å². The van der Waals surface area contributed by atoms with Gasteiger partial charge in [-0.3, -0.25) is 4.79 Å². The van der Waals surface area contributed by atoms with Crippen LogP contribution in [0.15, 0.2) is 30.6 Å². The van der Waals surface area contributed by atoms with Crippen LogP contribution in [-0.4, -0.2) is 44.8 Å². The molecule has 36 heavy (non-hydrogen) atoms. The molecule has 8 nitrogen and oxygen atoms in total. The SMILES string of the molecule is COc1nc(Nc2cc(C)cc(-c3cnc(C4CCC(C(=O)OC(C)(C)C)CC4O)s3)c2)ncc1Cl. The third kappa shape index (κ3) is 6.32. The van der Waals surface area contributed by atoms with Crippen LogP contribution in [0.5, 0.6) is 5.88 Å². The number of aliphatic hydroxyl groups excluding tert-OH is 1. The molecule has 0 saturated heterocycles. The maximum absolute atomic E-state index is 12.5. The maximum atomic E-state index is 12.5. The smallest absolute Gasteiger partial charge is 0.309 e. The van der Waals surface area contributed by atoms with E-state index in [2.05, 4.69) is 26.3 Å². The van der Waals surface area contributed by atoms with Gasteiger partial charge < -0.3 is 19.9 Å². The van der Waals surface area contributed by atoms with E-state index >= 15 is 0 Å². The van der Waals surface area contributed by atoms with Crippen molar-refractivity contribution in [3.63, 3.8) is 0 Å². The molecular weight excluding hydrogens is 500 g/mol. The van der Waals surface area contributed by atoms with Crippen LogP contribution in [0.2, 0.25) is 5.02 Å². The number of aryl methyl sites for hydroxylation is 1. The maximum Gasteiger partial charge on any atom is 0.309 e. The van der Waals surface area contributed by atoms with Gasteiger partial charge in [-0.25, -0.2) is 9.97 Å². The van der Waals surface area contributed by atoms with Crippen molar-refractivity contribution in [2.75, 3.05) is 12.4 Å². The third-order valence-corrected chi connectivity index (χ3v) is 7.36. The second-order valence-electron chi connectivity index (χ2n) is 10.0. The molecule has 1 aliphatic carbocycles. The Bertz CT molecular complexity index is 1240. The molecular formula is C26H31ClN4O4S. The Morgan fingerprint density at radius 2 is 1.97 bits per heavy atom. The minimum atomic E-state index is -0.637. The number of halogens is 1. The summed E-state index contributed by atoms with van der Waals surface area (Å²) >= 11 is 7.59. The van der Waals surface area contributed by atoms with Gasteiger partial charge in [-0.15, -0.1) is 11.3 Å². The Kier molecular flexibility index (Phi) is 7.82. The van der Waals surface area contributed by atoms with Crippen molar-refractivity contribution in [2.45, 2.75) is 64.6 Å². The molecule has 2 aromatic heterocycles. The molecule has 192 valence electrons. The normalized spacial score (nSPS) is 20.1. The molecule has 0 radical (unpaired) electrons. The molecule has 1 aromatic carbocycles. The summed E-state index contributed by atoms with van der Waals surface area (Å²) < 4.78 is 10.7. The minimum absolute atomic E-state index is 0.0974. The van der Waals surface area contributed by atoms with Crippen LogP contribution in [0.4, 0.5) is 11.6 Å². The molecule has 3 unspecified atom stereocenters. The van der Waals surface area contributed by atoms with Gasteiger partial charge in [-0.05, 0) is 70.2 Å².